The van der Waals surface area contributed by atoms with Crippen molar-refractivity contribution in [3.63, 3.8) is 0 Å². The van der Waals surface area contributed by atoms with Crippen molar-refractivity contribution in [2.75, 3.05) is 14.1 Å². The van der Waals surface area contributed by atoms with E-state index in [1.807, 2.05) is 56.6 Å². The second-order valence-corrected chi connectivity index (χ2v) is 8.12. The van der Waals surface area contributed by atoms with Crippen LogP contribution in [-0.4, -0.2) is 38.9 Å². The highest BCUT2D eigenvalue weighted by Gasteiger charge is 2.21. The van der Waals surface area contributed by atoms with Crippen LogP contribution in [0.15, 0.2) is 62.8 Å². The molecule has 4 aromatic rings. The molecule has 0 aliphatic rings. The maximum absolute atomic E-state index is 6.07. The first kappa shape index (κ1) is 19.8. The minimum atomic E-state index is 0.0881. The number of rotatable bonds is 7. The van der Waals surface area contributed by atoms with Gasteiger partial charge in [-0.2, -0.15) is 0 Å². The van der Waals surface area contributed by atoms with Crippen molar-refractivity contribution in [2.45, 2.75) is 23.9 Å². The summed E-state index contributed by atoms with van der Waals surface area (Å²) in [5.41, 5.74) is 1.76. The van der Waals surface area contributed by atoms with Crippen LogP contribution in [0, 0.1) is 0 Å². The summed E-state index contributed by atoms with van der Waals surface area (Å²) in [6.07, 6.45) is 1.61. The molecule has 4 rings (SSSR count). The van der Waals surface area contributed by atoms with Crippen molar-refractivity contribution in [3.8, 4) is 17.2 Å². The lowest BCUT2D eigenvalue weighted by atomic mass is 10.2. The second-order valence-electron chi connectivity index (χ2n) is 6.74. The van der Waals surface area contributed by atoms with Crippen molar-refractivity contribution in [2.24, 2.45) is 0 Å². The number of aromatic nitrogens is 4. The van der Waals surface area contributed by atoms with Crippen LogP contribution in [-0.2, 0) is 5.75 Å². The number of thioether (sulfide) groups is 1. The van der Waals surface area contributed by atoms with Gasteiger partial charge in [0.05, 0.1) is 18.0 Å². The largest absolute Gasteiger partial charge is 0.461 e. The summed E-state index contributed by atoms with van der Waals surface area (Å²) in [5.74, 6) is 2.70. The fourth-order valence-corrected chi connectivity index (χ4v) is 3.73. The van der Waals surface area contributed by atoms with E-state index in [0.717, 1.165) is 22.4 Å². The Balaban J connectivity index is 1.61. The summed E-state index contributed by atoms with van der Waals surface area (Å²) in [4.78, 5) is 2.10. The van der Waals surface area contributed by atoms with Gasteiger partial charge in [-0.1, -0.05) is 28.5 Å². The van der Waals surface area contributed by atoms with Gasteiger partial charge in [-0.25, -0.2) is 0 Å². The molecule has 1 unspecified atom stereocenters. The molecule has 0 bridgehead atoms. The zero-order valence-electron chi connectivity index (χ0n) is 16.2. The molecular weight excluding hydrogens is 410 g/mol. The molecule has 0 aliphatic carbocycles. The molecular formula is C20H20ClN5O2S. The first-order valence-corrected chi connectivity index (χ1v) is 10.4. The van der Waals surface area contributed by atoms with Crippen LogP contribution < -0.4 is 0 Å². The van der Waals surface area contributed by atoms with Gasteiger partial charge >= 0.3 is 0 Å². The average Bonchev–Trinajstić information content (AvgIpc) is 3.46. The SMILES string of the molecule is CC(c1nnc(SCc2cc(-c3ccco3)on2)n1-c1ccc(Cl)cc1)N(C)C. The molecule has 0 fully saturated rings. The Morgan fingerprint density at radius 3 is 2.62 bits per heavy atom. The van der Waals surface area contributed by atoms with Gasteiger partial charge in [0.25, 0.3) is 0 Å². The first-order valence-electron chi connectivity index (χ1n) is 9.03. The van der Waals surface area contributed by atoms with Gasteiger partial charge in [-0.3, -0.25) is 9.47 Å². The van der Waals surface area contributed by atoms with E-state index in [4.69, 9.17) is 20.5 Å². The van der Waals surface area contributed by atoms with E-state index in [-0.39, 0.29) is 6.04 Å². The lowest BCUT2D eigenvalue weighted by Crippen LogP contribution is -2.20. The fraction of sp³-hybridized carbons (Fsp3) is 0.250. The van der Waals surface area contributed by atoms with Gasteiger partial charge in [-0.05, 0) is 57.4 Å². The zero-order valence-corrected chi connectivity index (χ0v) is 17.8. The molecule has 0 saturated heterocycles. The van der Waals surface area contributed by atoms with Crippen molar-refractivity contribution in [1.29, 1.82) is 0 Å². The molecule has 0 saturated carbocycles. The lowest BCUT2D eigenvalue weighted by Gasteiger charge is -2.20. The van der Waals surface area contributed by atoms with E-state index in [9.17, 15) is 0 Å². The molecule has 0 aliphatic heterocycles. The van der Waals surface area contributed by atoms with Crippen molar-refractivity contribution in [1.82, 2.24) is 24.8 Å². The van der Waals surface area contributed by atoms with E-state index in [1.54, 1.807) is 18.0 Å². The molecule has 0 N–H and O–H groups in total. The summed E-state index contributed by atoms with van der Waals surface area (Å²) in [7, 11) is 4.04. The Morgan fingerprint density at radius 2 is 1.93 bits per heavy atom. The first-order chi connectivity index (χ1) is 14.0. The van der Waals surface area contributed by atoms with Crippen LogP contribution in [0.25, 0.3) is 17.2 Å². The molecule has 1 atom stereocenters. The number of hydrogen-bond acceptors (Lipinski definition) is 7. The number of halogens is 1. The molecule has 0 amide bonds. The maximum atomic E-state index is 6.07. The minimum absolute atomic E-state index is 0.0881. The Kier molecular flexibility index (Phi) is 5.75. The molecule has 1 aromatic carbocycles. The van der Waals surface area contributed by atoms with Crippen LogP contribution in [0.5, 0.6) is 0 Å². The predicted molar refractivity (Wildman–Crippen MR) is 112 cm³/mol. The van der Waals surface area contributed by atoms with E-state index in [2.05, 4.69) is 31.7 Å². The molecule has 29 heavy (non-hydrogen) atoms. The second kappa shape index (κ2) is 8.44. The van der Waals surface area contributed by atoms with Crippen LogP contribution in [0.3, 0.4) is 0 Å². The van der Waals surface area contributed by atoms with E-state index >= 15 is 0 Å². The third-order valence-electron chi connectivity index (χ3n) is 4.56. The topological polar surface area (TPSA) is 73.1 Å². The molecule has 0 radical (unpaired) electrons. The highest BCUT2D eigenvalue weighted by molar-refractivity contribution is 7.98. The third-order valence-corrected chi connectivity index (χ3v) is 5.78. The van der Waals surface area contributed by atoms with Gasteiger partial charge < -0.3 is 8.94 Å². The number of hydrogen-bond donors (Lipinski definition) is 0. The molecule has 3 heterocycles. The Labute approximate surface area is 177 Å². The number of furan rings is 1. The normalized spacial score (nSPS) is 12.6. The average molecular weight is 430 g/mol. The van der Waals surface area contributed by atoms with Crippen LogP contribution in [0.4, 0.5) is 0 Å². The quantitative estimate of drug-likeness (QED) is 0.379. The van der Waals surface area contributed by atoms with Gasteiger partial charge in [0.15, 0.2) is 16.7 Å². The number of benzene rings is 1. The van der Waals surface area contributed by atoms with E-state index in [1.165, 1.54) is 0 Å². The van der Waals surface area contributed by atoms with Gasteiger partial charge in [-0.15, -0.1) is 10.2 Å². The smallest absolute Gasteiger partial charge is 0.202 e. The van der Waals surface area contributed by atoms with Crippen molar-refractivity contribution >= 4 is 23.4 Å². The molecule has 7 nitrogen and oxygen atoms in total. The molecule has 150 valence electrons. The van der Waals surface area contributed by atoms with Gasteiger partial charge in [0.2, 0.25) is 5.76 Å². The standard InChI is InChI=1S/C20H20ClN5O2S/c1-13(25(2)3)19-22-23-20(26(19)16-8-6-14(21)7-9-16)29-12-15-11-18(28-24-15)17-5-4-10-27-17/h4-11,13H,12H2,1-3H3. The van der Waals surface area contributed by atoms with E-state index < -0.39 is 0 Å². The molecule has 3 aromatic heterocycles. The van der Waals surface area contributed by atoms with Crippen molar-refractivity contribution in [3.05, 3.63) is 65.3 Å². The van der Waals surface area contributed by atoms with Gasteiger partial charge in [0, 0.05) is 22.5 Å². The Morgan fingerprint density at radius 1 is 1.14 bits per heavy atom. The fourth-order valence-electron chi connectivity index (χ4n) is 2.76. The lowest BCUT2D eigenvalue weighted by molar-refractivity contribution is 0.305. The monoisotopic (exact) mass is 429 g/mol. The van der Waals surface area contributed by atoms with Crippen LogP contribution in [0.2, 0.25) is 5.02 Å². The number of nitrogens with zero attached hydrogens (tertiary/aromatic N) is 5. The molecule has 9 heteroatoms. The minimum Gasteiger partial charge on any atom is -0.461 e. The summed E-state index contributed by atoms with van der Waals surface area (Å²) in [6, 6.07) is 13.3. The van der Waals surface area contributed by atoms with E-state index in [0.29, 0.717) is 22.3 Å². The zero-order chi connectivity index (χ0) is 20.4. The third kappa shape index (κ3) is 4.24. The summed E-state index contributed by atoms with van der Waals surface area (Å²) in [5, 5.41) is 14.5. The highest BCUT2D eigenvalue weighted by atomic mass is 35.5. The van der Waals surface area contributed by atoms with Crippen molar-refractivity contribution < 1.29 is 8.94 Å². The summed E-state index contributed by atoms with van der Waals surface area (Å²) < 4.78 is 12.8. The van der Waals surface area contributed by atoms with Crippen LogP contribution >= 0.6 is 23.4 Å². The molecule has 0 spiro atoms. The Hall–Kier alpha value is -2.55. The van der Waals surface area contributed by atoms with Gasteiger partial charge in [0.1, 0.15) is 0 Å². The highest BCUT2D eigenvalue weighted by Crippen LogP contribution is 2.30. The maximum Gasteiger partial charge on any atom is 0.202 e. The summed E-state index contributed by atoms with van der Waals surface area (Å²) in [6.45, 7) is 2.10. The Bertz CT molecular complexity index is 1070. The predicted octanol–water partition coefficient (Wildman–Crippen LogP) is 5.08. The van der Waals surface area contributed by atoms with Crippen LogP contribution in [0.1, 0.15) is 24.5 Å². The summed E-state index contributed by atoms with van der Waals surface area (Å²) >= 11 is 7.62.